The zero-order valence-corrected chi connectivity index (χ0v) is 9.76. The summed E-state index contributed by atoms with van der Waals surface area (Å²) in [7, 11) is 0. The molecule has 0 amide bonds. The van der Waals surface area contributed by atoms with Crippen molar-refractivity contribution in [1.29, 1.82) is 0 Å². The SMILES string of the molecule is CCC(C)C(N)Cc1ccc(F)cc1C. The smallest absolute Gasteiger partial charge is 0.123 e. The van der Waals surface area contributed by atoms with Gasteiger partial charge in [-0.3, -0.25) is 0 Å². The van der Waals surface area contributed by atoms with Crippen LogP contribution in [-0.4, -0.2) is 6.04 Å². The molecule has 0 radical (unpaired) electrons. The third-order valence-corrected chi connectivity index (χ3v) is 3.14. The van der Waals surface area contributed by atoms with Gasteiger partial charge in [0.1, 0.15) is 5.82 Å². The first-order valence-corrected chi connectivity index (χ1v) is 5.55. The molecule has 2 N–H and O–H groups in total. The number of benzene rings is 1. The summed E-state index contributed by atoms with van der Waals surface area (Å²) in [6, 6.07) is 5.08. The minimum Gasteiger partial charge on any atom is -0.327 e. The van der Waals surface area contributed by atoms with Gasteiger partial charge < -0.3 is 5.73 Å². The van der Waals surface area contributed by atoms with Crippen LogP contribution in [0.15, 0.2) is 18.2 Å². The predicted molar refractivity (Wildman–Crippen MR) is 62.3 cm³/mol. The summed E-state index contributed by atoms with van der Waals surface area (Å²) in [5, 5.41) is 0. The van der Waals surface area contributed by atoms with Crippen LogP contribution in [-0.2, 0) is 6.42 Å². The van der Waals surface area contributed by atoms with Crippen molar-refractivity contribution in [3.05, 3.63) is 35.1 Å². The molecule has 84 valence electrons. The van der Waals surface area contributed by atoms with Crippen molar-refractivity contribution < 1.29 is 4.39 Å². The fourth-order valence-corrected chi connectivity index (χ4v) is 1.65. The quantitative estimate of drug-likeness (QED) is 0.810. The molecule has 0 fully saturated rings. The second kappa shape index (κ2) is 5.26. The minimum absolute atomic E-state index is 0.166. The number of aryl methyl sites for hydroxylation is 1. The summed E-state index contributed by atoms with van der Waals surface area (Å²) in [5.41, 5.74) is 8.22. The van der Waals surface area contributed by atoms with Crippen LogP contribution in [0, 0.1) is 18.7 Å². The van der Waals surface area contributed by atoms with Crippen LogP contribution in [0.4, 0.5) is 4.39 Å². The van der Waals surface area contributed by atoms with Crippen molar-refractivity contribution in [3.63, 3.8) is 0 Å². The fraction of sp³-hybridized carbons (Fsp3) is 0.538. The molecule has 0 saturated carbocycles. The Balaban J connectivity index is 2.72. The number of halogens is 1. The Hall–Kier alpha value is -0.890. The lowest BCUT2D eigenvalue weighted by Crippen LogP contribution is -2.30. The van der Waals surface area contributed by atoms with E-state index in [9.17, 15) is 4.39 Å². The largest absolute Gasteiger partial charge is 0.327 e. The van der Waals surface area contributed by atoms with E-state index >= 15 is 0 Å². The first-order valence-electron chi connectivity index (χ1n) is 5.55. The van der Waals surface area contributed by atoms with Crippen LogP contribution < -0.4 is 5.73 Å². The van der Waals surface area contributed by atoms with E-state index in [1.54, 1.807) is 6.07 Å². The standard InChI is InChI=1S/C13H20FN/c1-4-9(2)13(15)8-11-5-6-12(14)7-10(11)3/h5-7,9,13H,4,8,15H2,1-3H3. The molecule has 0 aliphatic carbocycles. The lowest BCUT2D eigenvalue weighted by atomic mass is 9.92. The first kappa shape index (κ1) is 12.2. The molecule has 0 aliphatic rings. The van der Waals surface area contributed by atoms with Gasteiger partial charge in [0, 0.05) is 6.04 Å². The van der Waals surface area contributed by atoms with Crippen LogP contribution in [0.1, 0.15) is 31.4 Å². The van der Waals surface area contributed by atoms with Gasteiger partial charge in [0.05, 0.1) is 0 Å². The molecular formula is C13H20FN. The summed E-state index contributed by atoms with van der Waals surface area (Å²) < 4.78 is 12.9. The lowest BCUT2D eigenvalue weighted by molar-refractivity contribution is 0.439. The van der Waals surface area contributed by atoms with E-state index in [1.807, 2.05) is 13.0 Å². The molecule has 15 heavy (non-hydrogen) atoms. The van der Waals surface area contributed by atoms with E-state index < -0.39 is 0 Å². The molecule has 2 atom stereocenters. The van der Waals surface area contributed by atoms with Gasteiger partial charge in [0.15, 0.2) is 0 Å². The van der Waals surface area contributed by atoms with Gasteiger partial charge in [-0.2, -0.15) is 0 Å². The number of hydrogen-bond donors (Lipinski definition) is 1. The molecule has 1 aromatic carbocycles. The minimum atomic E-state index is -0.173. The second-order valence-electron chi connectivity index (χ2n) is 4.32. The molecule has 2 unspecified atom stereocenters. The Morgan fingerprint density at radius 1 is 1.40 bits per heavy atom. The Labute approximate surface area is 91.5 Å². The normalized spacial score (nSPS) is 15.0. The second-order valence-corrected chi connectivity index (χ2v) is 4.32. The van der Waals surface area contributed by atoms with Gasteiger partial charge in [-0.25, -0.2) is 4.39 Å². The number of nitrogens with two attached hydrogens (primary N) is 1. The van der Waals surface area contributed by atoms with Gasteiger partial charge in [-0.05, 0) is 42.5 Å². The summed E-state index contributed by atoms with van der Waals surface area (Å²) in [6.07, 6.45) is 1.92. The van der Waals surface area contributed by atoms with E-state index in [2.05, 4.69) is 13.8 Å². The Morgan fingerprint density at radius 3 is 2.60 bits per heavy atom. The van der Waals surface area contributed by atoms with Crippen molar-refractivity contribution >= 4 is 0 Å². The maximum Gasteiger partial charge on any atom is 0.123 e. The topological polar surface area (TPSA) is 26.0 Å². The molecule has 0 aliphatic heterocycles. The van der Waals surface area contributed by atoms with Crippen molar-refractivity contribution in [3.8, 4) is 0 Å². The lowest BCUT2D eigenvalue weighted by Gasteiger charge is -2.19. The summed E-state index contributed by atoms with van der Waals surface area (Å²) >= 11 is 0. The van der Waals surface area contributed by atoms with Gasteiger partial charge in [0.2, 0.25) is 0 Å². The molecule has 0 heterocycles. The van der Waals surface area contributed by atoms with Crippen LogP contribution in [0.3, 0.4) is 0 Å². The Bertz CT molecular complexity index is 322. The molecule has 0 spiro atoms. The number of rotatable bonds is 4. The average Bonchev–Trinajstić information content (AvgIpc) is 2.20. The molecular weight excluding hydrogens is 189 g/mol. The molecule has 1 rings (SSSR count). The molecule has 1 aromatic rings. The Morgan fingerprint density at radius 2 is 2.07 bits per heavy atom. The monoisotopic (exact) mass is 209 g/mol. The third-order valence-electron chi connectivity index (χ3n) is 3.14. The molecule has 2 heteroatoms. The molecule has 0 aromatic heterocycles. The Kier molecular flexibility index (Phi) is 4.28. The highest BCUT2D eigenvalue weighted by Gasteiger charge is 2.12. The molecule has 0 bridgehead atoms. The van der Waals surface area contributed by atoms with E-state index in [1.165, 1.54) is 6.07 Å². The maximum absolute atomic E-state index is 12.9. The zero-order chi connectivity index (χ0) is 11.4. The van der Waals surface area contributed by atoms with Crippen molar-refractivity contribution in [1.82, 2.24) is 0 Å². The van der Waals surface area contributed by atoms with Crippen molar-refractivity contribution in [2.75, 3.05) is 0 Å². The van der Waals surface area contributed by atoms with E-state index in [0.29, 0.717) is 5.92 Å². The highest BCUT2D eigenvalue weighted by atomic mass is 19.1. The van der Waals surface area contributed by atoms with E-state index in [-0.39, 0.29) is 11.9 Å². The summed E-state index contributed by atoms with van der Waals surface area (Å²) in [4.78, 5) is 0. The van der Waals surface area contributed by atoms with Gasteiger partial charge in [-0.15, -0.1) is 0 Å². The first-order chi connectivity index (χ1) is 7.04. The van der Waals surface area contributed by atoms with Gasteiger partial charge in [-0.1, -0.05) is 26.3 Å². The van der Waals surface area contributed by atoms with Gasteiger partial charge in [0.25, 0.3) is 0 Å². The number of hydrogen-bond acceptors (Lipinski definition) is 1. The van der Waals surface area contributed by atoms with Crippen LogP contribution in [0.2, 0.25) is 0 Å². The predicted octanol–water partition coefficient (Wildman–Crippen LogP) is 3.05. The van der Waals surface area contributed by atoms with Crippen molar-refractivity contribution in [2.24, 2.45) is 11.7 Å². The average molecular weight is 209 g/mol. The fourth-order valence-electron chi connectivity index (χ4n) is 1.65. The van der Waals surface area contributed by atoms with E-state index in [0.717, 1.165) is 24.0 Å². The molecule has 1 nitrogen and oxygen atoms in total. The van der Waals surface area contributed by atoms with E-state index in [4.69, 9.17) is 5.73 Å². The molecule has 0 saturated heterocycles. The highest BCUT2D eigenvalue weighted by molar-refractivity contribution is 5.27. The zero-order valence-electron chi connectivity index (χ0n) is 9.76. The maximum atomic E-state index is 12.9. The summed E-state index contributed by atoms with van der Waals surface area (Å²) in [6.45, 7) is 6.23. The van der Waals surface area contributed by atoms with Crippen LogP contribution >= 0.6 is 0 Å². The third kappa shape index (κ3) is 3.31. The highest BCUT2D eigenvalue weighted by Crippen LogP contribution is 2.15. The van der Waals surface area contributed by atoms with Crippen molar-refractivity contribution in [2.45, 2.75) is 39.7 Å². The van der Waals surface area contributed by atoms with Crippen LogP contribution in [0.25, 0.3) is 0 Å². The summed E-state index contributed by atoms with van der Waals surface area (Å²) in [5.74, 6) is 0.336. The van der Waals surface area contributed by atoms with Gasteiger partial charge >= 0.3 is 0 Å². The van der Waals surface area contributed by atoms with Crippen LogP contribution in [0.5, 0.6) is 0 Å².